The van der Waals surface area contributed by atoms with Crippen molar-refractivity contribution < 1.29 is 9.32 Å². The van der Waals surface area contributed by atoms with E-state index in [2.05, 4.69) is 20.8 Å². The van der Waals surface area contributed by atoms with Gasteiger partial charge in [-0.2, -0.15) is 4.98 Å². The summed E-state index contributed by atoms with van der Waals surface area (Å²) in [6.45, 7) is 0.560. The minimum Gasteiger partial charge on any atom is -0.338 e. The second-order valence-electron chi connectivity index (χ2n) is 6.10. The molecule has 0 unspecified atom stereocenters. The number of hydrogen-bond acceptors (Lipinski definition) is 5. The zero-order chi connectivity index (χ0) is 19.2. The van der Waals surface area contributed by atoms with Gasteiger partial charge in [0.25, 0.3) is 5.89 Å². The molecular weight excluding hydrogens is 372 g/mol. The second kappa shape index (κ2) is 8.49. The van der Waals surface area contributed by atoms with Crippen LogP contribution in [-0.4, -0.2) is 22.7 Å². The first-order chi connectivity index (χ1) is 13.8. The molecule has 7 heteroatoms. The summed E-state index contributed by atoms with van der Waals surface area (Å²) in [5.74, 6) is 0.971. The van der Waals surface area contributed by atoms with E-state index in [1.807, 2.05) is 72.1 Å². The molecule has 4 aromatic rings. The lowest BCUT2D eigenvalue weighted by Crippen LogP contribution is -2.30. The maximum absolute atomic E-state index is 12.1. The predicted molar refractivity (Wildman–Crippen MR) is 110 cm³/mol. The zero-order valence-electron chi connectivity index (χ0n) is 15.0. The summed E-state index contributed by atoms with van der Waals surface area (Å²) in [5.41, 5.74) is 2.62. The largest absolute Gasteiger partial charge is 0.338 e. The van der Waals surface area contributed by atoms with Gasteiger partial charge in [-0.3, -0.25) is 0 Å². The van der Waals surface area contributed by atoms with E-state index in [0.717, 1.165) is 16.9 Å². The van der Waals surface area contributed by atoms with Crippen molar-refractivity contribution in [1.82, 2.24) is 15.5 Å². The molecule has 2 N–H and O–H groups in total. The van der Waals surface area contributed by atoms with Crippen molar-refractivity contribution in [2.24, 2.45) is 0 Å². The molecule has 28 heavy (non-hydrogen) atoms. The summed E-state index contributed by atoms with van der Waals surface area (Å²) >= 11 is 1.54. The molecule has 0 bridgehead atoms. The van der Waals surface area contributed by atoms with Crippen molar-refractivity contribution in [1.29, 1.82) is 0 Å². The lowest BCUT2D eigenvalue weighted by Gasteiger charge is -2.08. The maximum Gasteiger partial charge on any atom is 0.319 e. The highest BCUT2D eigenvalue weighted by molar-refractivity contribution is 7.13. The van der Waals surface area contributed by atoms with Gasteiger partial charge in [-0.15, -0.1) is 11.3 Å². The molecule has 4 rings (SSSR count). The van der Waals surface area contributed by atoms with E-state index in [-0.39, 0.29) is 6.03 Å². The van der Waals surface area contributed by atoms with E-state index in [4.69, 9.17) is 4.52 Å². The molecule has 0 radical (unpaired) electrons. The average molecular weight is 390 g/mol. The lowest BCUT2D eigenvalue weighted by atomic mass is 10.1. The summed E-state index contributed by atoms with van der Waals surface area (Å²) in [6, 6.07) is 21.0. The number of aromatic nitrogens is 2. The molecule has 6 nitrogen and oxygen atoms in total. The van der Waals surface area contributed by atoms with Crippen LogP contribution in [0.3, 0.4) is 0 Å². The Morgan fingerprint density at radius 1 is 1.04 bits per heavy atom. The Morgan fingerprint density at radius 3 is 2.75 bits per heavy atom. The van der Waals surface area contributed by atoms with E-state index in [9.17, 15) is 4.79 Å². The highest BCUT2D eigenvalue weighted by Crippen LogP contribution is 2.26. The highest BCUT2D eigenvalue weighted by Gasteiger charge is 2.12. The van der Waals surface area contributed by atoms with Gasteiger partial charge in [0.15, 0.2) is 0 Å². The number of anilines is 1. The quantitative estimate of drug-likeness (QED) is 0.494. The number of nitrogens with one attached hydrogen (secondary N) is 2. The molecule has 2 heterocycles. The van der Waals surface area contributed by atoms with Crippen LogP contribution in [0.2, 0.25) is 0 Å². The number of hydrogen-bond donors (Lipinski definition) is 2. The number of thiophene rings is 1. The minimum absolute atomic E-state index is 0.250. The molecule has 0 spiro atoms. The smallest absolute Gasteiger partial charge is 0.319 e. The van der Waals surface area contributed by atoms with Gasteiger partial charge < -0.3 is 15.2 Å². The van der Waals surface area contributed by atoms with E-state index in [0.29, 0.717) is 23.9 Å². The molecule has 0 aliphatic carbocycles. The molecule has 0 atom stereocenters. The van der Waals surface area contributed by atoms with Crippen molar-refractivity contribution in [3.8, 4) is 22.2 Å². The number of carbonyl (C=O) groups excluding carboxylic acids is 1. The maximum atomic E-state index is 12.1. The van der Waals surface area contributed by atoms with Crippen LogP contribution in [0.25, 0.3) is 22.2 Å². The number of urea groups is 1. The van der Waals surface area contributed by atoms with Crippen LogP contribution in [0.4, 0.5) is 10.5 Å². The Kier molecular flexibility index (Phi) is 5.44. The average Bonchev–Trinajstić information content (AvgIpc) is 3.41. The minimum atomic E-state index is -0.250. The Bertz CT molecular complexity index is 1050. The number of amides is 2. The molecule has 2 amide bonds. The van der Waals surface area contributed by atoms with Crippen molar-refractivity contribution in [2.45, 2.75) is 6.42 Å². The second-order valence-corrected chi connectivity index (χ2v) is 7.05. The molecule has 0 saturated carbocycles. The molecule has 0 saturated heterocycles. The normalized spacial score (nSPS) is 10.6. The summed E-state index contributed by atoms with van der Waals surface area (Å²) in [6.07, 6.45) is 0.780. The van der Waals surface area contributed by atoms with Crippen LogP contribution in [-0.2, 0) is 6.42 Å². The highest BCUT2D eigenvalue weighted by atomic mass is 32.1. The zero-order valence-corrected chi connectivity index (χ0v) is 15.8. The predicted octanol–water partition coefficient (Wildman–Crippen LogP) is 4.83. The first kappa shape index (κ1) is 17.9. The van der Waals surface area contributed by atoms with Gasteiger partial charge in [0, 0.05) is 17.8 Å². The Labute approximate surface area is 166 Å². The van der Waals surface area contributed by atoms with Crippen LogP contribution in [0, 0.1) is 0 Å². The Hall–Kier alpha value is -3.45. The number of nitrogens with zero attached hydrogens (tertiary/aromatic N) is 2. The topological polar surface area (TPSA) is 80.0 Å². The molecule has 2 aromatic heterocycles. The third kappa shape index (κ3) is 4.44. The molecule has 140 valence electrons. The number of benzene rings is 2. The standard InChI is InChI=1S/C21H18N4O2S/c26-21(22-12-11-15-6-2-1-3-7-15)23-17-9-4-8-16(14-17)19-24-20(27-25-19)18-10-5-13-28-18/h1-10,13-14H,11-12H2,(H2,22,23,26). The van der Waals surface area contributed by atoms with Crippen molar-refractivity contribution in [3.05, 3.63) is 77.7 Å². The number of rotatable bonds is 6. The first-order valence-corrected chi connectivity index (χ1v) is 9.73. The van der Waals surface area contributed by atoms with Crippen LogP contribution in [0.1, 0.15) is 5.56 Å². The van der Waals surface area contributed by atoms with E-state index in [1.54, 1.807) is 11.3 Å². The number of carbonyl (C=O) groups is 1. The van der Waals surface area contributed by atoms with Crippen LogP contribution in [0.5, 0.6) is 0 Å². The van der Waals surface area contributed by atoms with Gasteiger partial charge in [-0.25, -0.2) is 4.79 Å². The fourth-order valence-corrected chi connectivity index (χ4v) is 3.36. The van der Waals surface area contributed by atoms with Crippen molar-refractivity contribution in [2.75, 3.05) is 11.9 Å². The lowest BCUT2D eigenvalue weighted by molar-refractivity contribution is 0.252. The summed E-state index contributed by atoms with van der Waals surface area (Å²) < 4.78 is 5.33. The molecular formula is C21H18N4O2S. The Balaban J connectivity index is 1.36. The summed E-state index contributed by atoms with van der Waals surface area (Å²) in [5, 5.41) is 11.7. The fourth-order valence-electron chi connectivity index (χ4n) is 2.72. The van der Waals surface area contributed by atoms with Crippen LogP contribution >= 0.6 is 11.3 Å². The van der Waals surface area contributed by atoms with E-state index >= 15 is 0 Å². The van der Waals surface area contributed by atoms with Gasteiger partial charge in [-0.05, 0) is 35.6 Å². The fraction of sp³-hybridized carbons (Fsp3) is 0.0952. The van der Waals surface area contributed by atoms with Crippen LogP contribution in [0.15, 0.2) is 76.6 Å². The SMILES string of the molecule is O=C(NCCc1ccccc1)Nc1cccc(-c2noc(-c3cccs3)n2)c1. The third-order valence-corrected chi connectivity index (χ3v) is 4.94. The van der Waals surface area contributed by atoms with Gasteiger partial charge >= 0.3 is 6.03 Å². The third-order valence-electron chi connectivity index (χ3n) is 4.08. The molecule has 0 aliphatic rings. The van der Waals surface area contributed by atoms with Crippen LogP contribution < -0.4 is 10.6 Å². The summed E-state index contributed by atoms with van der Waals surface area (Å²) in [7, 11) is 0. The van der Waals surface area contributed by atoms with Gasteiger partial charge in [0.05, 0.1) is 4.88 Å². The summed E-state index contributed by atoms with van der Waals surface area (Å²) in [4.78, 5) is 17.5. The molecule has 0 fully saturated rings. The Morgan fingerprint density at radius 2 is 1.93 bits per heavy atom. The molecule has 0 aliphatic heterocycles. The van der Waals surface area contributed by atoms with Gasteiger partial charge in [0.1, 0.15) is 0 Å². The van der Waals surface area contributed by atoms with Gasteiger partial charge in [0.2, 0.25) is 5.82 Å². The van der Waals surface area contributed by atoms with E-state index < -0.39 is 0 Å². The first-order valence-electron chi connectivity index (χ1n) is 8.85. The molecule has 2 aromatic carbocycles. The van der Waals surface area contributed by atoms with Gasteiger partial charge in [-0.1, -0.05) is 53.7 Å². The monoisotopic (exact) mass is 390 g/mol. The van der Waals surface area contributed by atoms with Crippen molar-refractivity contribution in [3.63, 3.8) is 0 Å². The van der Waals surface area contributed by atoms with Crippen molar-refractivity contribution >= 4 is 23.1 Å². The van der Waals surface area contributed by atoms with E-state index in [1.165, 1.54) is 5.56 Å².